The summed E-state index contributed by atoms with van der Waals surface area (Å²) in [4.78, 5) is 23.2. The van der Waals surface area contributed by atoms with Gasteiger partial charge in [-0.1, -0.05) is 12.1 Å². The zero-order valence-electron chi connectivity index (χ0n) is 21.7. The number of likely N-dealkylation sites (tertiary alicyclic amines) is 2. The van der Waals surface area contributed by atoms with Gasteiger partial charge in [0.05, 0.1) is 13.7 Å². The molecule has 3 aliphatic rings. The number of ether oxygens (including phenoxy) is 2. The molecule has 2 aliphatic heterocycles. The molecule has 14 heteroatoms. The summed E-state index contributed by atoms with van der Waals surface area (Å²) in [5.41, 5.74) is 1.83. The number of carboxylic acids is 2. The molecule has 0 amide bonds. The SMILES string of the molecule is COC[C@H]1CN(CC2CC2)C[C@@]12CCN(Cc1ccc(OC)cc1)C2.O=C(O)C(F)(F)F.O=C(O)C(F)(F)F. The number of carboxylic acid groups (broad SMARTS) is 2. The Morgan fingerprint density at radius 2 is 1.46 bits per heavy atom. The van der Waals surface area contributed by atoms with E-state index in [2.05, 4.69) is 34.1 Å². The smallest absolute Gasteiger partial charge is 0.490 e. The normalized spacial score (nSPS) is 23.5. The van der Waals surface area contributed by atoms with Crippen molar-refractivity contribution in [3.05, 3.63) is 29.8 Å². The van der Waals surface area contributed by atoms with Crippen molar-refractivity contribution in [1.82, 2.24) is 9.80 Å². The van der Waals surface area contributed by atoms with Crippen molar-refractivity contribution in [3.8, 4) is 5.75 Å². The van der Waals surface area contributed by atoms with Gasteiger partial charge in [-0.15, -0.1) is 0 Å². The zero-order chi connectivity index (χ0) is 29.4. The molecule has 4 rings (SSSR count). The van der Waals surface area contributed by atoms with E-state index in [1.54, 1.807) is 7.11 Å². The molecule has 3 fully saturated rings. The first-order valence-electron chi connectivity index (χ1n) is 12.3. The van der Waals surface area contributed by atoms with Gasteiger partial charge in [0.1, 0.15) is 5.75 Å². The average molecular weight is 573 g/mol. The number of alkyl halides is 6. The van der Waals surface area contributed by atoms with Crippen molar-refractivity contribution >= 4 is 11.9 Å². The molecule has 1 spiro atoms. The standard InChI is InChI=1S/C21H32N2O2.2C2HF3O2/c1-24-14-19-13-23(12-17-3-4-17)16-21(19)9-10-22(15-21)11-18-5-7-20(25-2)8-6-18;2*3-2(4,5)1(6)7/h5-8,17,19H,3-4,9-16H2,1-2H3;2*(H,6,7)/t19-,21+;;/m1../s1. The lowest BCUT2D eigenvalue weighted by Crippen LogP contribution is -2.36. The summed E-state index contributed by atoms with van der Waals surface area (Å²) in [5.74, 6) is -2.90. The largest absolute Gasteiger partial charge is 0.497 e. The Hall–Kier alpha value is -2.58. The molecule has 1 aromatic carbocycles. The Labute approximate surface area is 222 Å². The predicted octanol–water partition coefficient (Wildman–Crippen LogP) is 4.14. The van der Waals surface area contributed by atoms with Crippen LogP contribution in [0.4, 0.5) is 26.3 Å². The van der Waals surface area contributed by atoms with Crippen molar-refractivity contribution in [2.45, 2.75) is 38.2 Å². The number of hydrogen-bond donors (Lipinski definition) is 2. The van der Waals surface area contributed by atoms with Gasteiger partial charge in [-0.05, 0) is 49.4 Å². The van der Waals surface area contributed by atoms with E-state index >= 15 is 0 Å². The monoisotopic (exact) mass is 572 g/mol. The molecule has 222 valence electrons. The molecule has 0 unspecified atom stereocenters. The van der Waals surface area contributed by atoms with Crippen molar-refractivity contribution in [2.75, 3.05) is 53.6 Å². The summed E-state index contributed by atoms with van der Waals surface area (Å²) in [6, 6.07) is 8.54. The van der Waals surface area contributed by atoms with Gasteiger partial charge in [-0.3, -0.25) is 4.90 Å². The number of aliphatic carboxylic acids is 2. The van der Waals surface area contributed by atoms with Gasteiger partial charge in [-0.2, -0.15) is 26.3 Å². The number of rotatable bonds is 7. The van der Waals surface area contributed by atoms with Crippen LogP contribution in [0, 0.1) is 17.3 Å². The highest BCUT2D eigenvalue weighted by Gasteiger charge is 2.50. The molecule has 0 bridgehead atoms. The van der Waals surface area contributed by atoms with E-state index < -0.39 is 24.3 Å². The van der Waals surface area contributed by atoms with Gasteiger partial charge >= 0.3 is 24.3 Å². The maximum absolute atomic E-state index is 10.6. The Bertz CT molecular complexity index is 914. The summed E-state index contributed by atoms with van der Waals surface area (Å²) in [6.07, 6.45) is -5.96. The number of carbonyl (C=O) groups is 2. The molecule has 1 aromatic rings. The maximum atomic E-state index is 10.6. The van der Waals surface area contributed by atoms with Crippen LogP contribution in [0.3, 0.4) is 0 Å². The third-order valence-corrected chi connectivity index (χ3v) is 6.98. The van der Waals surface area contributed by atoms with E-state index in [-0.39, 0.29) is 0 Å². The fourth-order valence-corrected chi connectivity index (χ4v) is 4.95. The highest BCUT2D eigenvalue weighted by molar-refractivity contribution is 5.73. The van der Waals surface area contributed by atoms with Crippen LogP contribution in [0.1, 0.15) is 24.8 Å². The molecule has 8 nitrogen and oxygen atoms in total. The summed E-state index contributed by atoms with van der Waals surface area (Å²) in [7, 11) is 3.59. The van der Waals surface area contributed by atoms with E-state index in [0.29, 0.717) is 11.3 Å². The first kappa shape index (κ1) is 32.6. The second kappa shape index (κ2) is 13.7. The van der Waals surface area contributed by atoms with Crippen LogP contribution in [0.15, 0.2) is 24.3 Å². The summed E-state index contributed by atoms with van der Waals surface area (Å²) >= 11 is 0. The van der Waals surface area contributed by atoms with E-state index in [4.69, 9.17) is 29.3 Å². The summed E-state index contributed by atoms with van der Waals surface area (Å²) in [5, 5.41) is 14.2. The average Bonchev–Trinajstić information content (AvgIpc) is 3.47. The van der Waals surface area contributed by atoms with Crippen LogP contribution in [0.5, 0.6) is 5.75 Å². The van der Waals surface area contributed by atoms with Crippen molar-refractivity contribution in [3.63, 3.8) is 0 Å². The Morgan fingerprint density at radius 3 is 1.90 bits per heavy atom. The van der Waals surface area contributed by atoms with Crippen molar-refractivity contribution in [1.29, 1.82) is 0 Å². The Morgan fingerprint density at radius 1 is 0.949 bits per heavy atom. The van der Waals surface area contributed by atoms with Crippen LogP contribution in [0.25, 0.3) is 0 Å². The van der Waals surface area contributed by atoms with Gasteiger partial charge in [0.25, 0.3) is 0 Å². The predicted molar refractivity (Wildman–Crippen MR) is 127 cm³/mol. The molecule has 2 N–H and O–H groups in total. The van der Waals surface area contributed by atoms with E-state index in [1.165, 1.54) is 57.5 Å². The van der Waals surface area contributed by atoms with Gasteiger partial charge in [0.15, 0.2) is 0 Å². The minimum Gasteiger partial charge on any atom is -0.497 e. The quantitative estimate of drug-likeness (QED) is 0.471. The van der Waals surface area contributed by atoms with Crippen molar-refractivity contribution in [2.24, 2.45) is 17.3 Å². The van der Waals surface area contributed by atoms with Gasteiger partial charge in [0.2, 0.25) is 0 Å². The summed E-state index contributed by atoms with van der Waals surface area (Å²) < 4.78 is 74.3. The van der Waals surface area contributed by atoms with E-state index in [9.17, 15) is 26.3 Å². The molecule has 0 aromatic heterocycles. The van der Waals surface area contributed by atoms with Gasteiger partial charge in [0, 0.05) is 51.2 Å². The van der Waals surface area contributed by atoms with Crippen LogP contribution >= 0.6 is 0 Å². The fraction of sp³-hybridized carbons (Fsp3) is 0.680. The van der Waals surface area contributed by atoms with Gasteiger partial charge in [-0.25, -0.2) is 9.59 Å². The Kier molecular flexibility index (Phi) is 11.4. The van der Waals surface area contributed by atoms with Crippen LogP contribution < -0.4 is 4.74 Å². The second-order valence-corrected chi connectivity index (χ2v) is 10.1. The van der Waals surface area contributed by atoms with Crippen LogP contribution in [0.2, 0.25) is 0 Å². The molecule has 39 heavy (non-hydrogen) atoms. The minimum atomic E-state index is -5.08. The third-order valence-electron chi connectivity index (χ3n) is 6.98. The second-order valence-electron chi connectivity index (χ2n) is 10.1. The minimum absolute atomic E-state index is 0.442. The summed E-state index contributed by atoms with van der Waals surface area (Å²) in [6.45, 7) is 8.22. The molecule has 1 aliphatic carbocycles. The number of nitrogens with zero attached hydrogens (tertiary/aromatic N) is 2. The number of methoxy groups -OCH3 is 2. The molecule has 2 heterocycles. The van der Waals surface area contributed by atoms with E-state index in [0.717, 1.165) is 24.8 Å². The van der Waals surface area contributed by atoms with Gasteiger partial charge < -0.3 is 24.6 Å². The van der Waals surface area contributed by atoms with Crippen LogP contribution in [-0.4, -0.2) is 97.9 Å². The molecule has 2 saturated heterocycles. The maximum Gasteiger partial charge on any atom is 0.490 e. The van der Waals surface area contributed by atoms with Crippen LogP contribution in [-0.2, 0) is 20.9 Å². The first-order chi connectivity index (χ1) is 18.1. The Balaban J connectivity index is 0.000000317. The lowest BCUT2D eigenvalue weighted by atomic mass is 9.77. The van der Waals surface area contributed by atoms with Crippen molar-refractivity contribution < 1.29 is 55.6 Å². The molecule has 1 saturated carbocycles. The van der Waals surface area contributed by atoms with E-state index in [1.807, 2.05) is 7.11 Å². The molecular weight excluding hydrogens is 538 g/mol. The number of halogens is 6. The number of benzene rings is 1. The lowest BCUT2D eigenvalue weighted by molar-refractivity contribution is -0.193. The third kappa shape index (κ3) is 10.5. The lowest BCUT2D eigenvalue weighted by Gasteiger charge is -2.30. The number of hydrogen-bond acceptors (Lipinski definition) is 6. The fourth-order valence-electron chi connectivity index (χ4n) is 4.95. The molecule has 0 radical (unpaired) electrons. The first-order valence-corrected chi connectivity index (χ1v) is 12.3. The highest BCUT2D eigenvalue weighted by Crippen LogP contribution is 2.45. The molecular formula is C25H34F6N2O6. The highest BCUT2D eigenvalue weighted by atomic mass is 19.4. The molecule has 2 atom stereocenters. The topological polar surface area (TPSA) is 99.5 Å². The zero-order valence-corrected chi connectivity index (χ0v) is 21.7.